The maximum atomic E-state index is 14.3. The number of hydrogen-bond donors (Lipinski definition) is 10. The molecule has 2 aliphatic rings. The minimum atomic E-state index is -1.68. The number of aromatic amines is 1. The van der Waals surface area contributed by atoms with E-state index in [0.29, 0.717) is 24.8 Å². The van der Waals surface area contributed by atoms with Gasteiger partial charge in [0.2, 0.25) is 41.4 Å². The van der Waals surface area contributed by atoms with Gasteiger partial charge in [-0.3, -0.25) is 43.3 Å². The molecule has 57 heavy (non-hydrogen) atoms. The zero-order chi connectivity index (χ0) is 41.5. The highest BCUT2D eigenvalue weighted by Crippen LogP contribution is 2.25. The van der Waals surface area contributed by atoms with E-state index >= 15 is 0 Å². The first-order valence-corrected chi connectivity index (χ1v) is 20.9. The fraction of sp³-hybridized carbons (Fsp3) is 0.514. The summed E-state index contributed by atoms with van der Waals surface area (Å²) >= 11 is 0. The third kappa shape index (κ3) is 13.6. The van der Waals surface area contributed by atoms with E-state index < -0.39 is 90.5 Å². The van der Waals surface area contributed by atoms with Crippen molar-refractivity contribution in [2.24, 2.45) is 22.2 Å². The van der Waals surface area contributed by atoms with Gasteiger partial charge in [-0.05, 0) is 43.7 Å². The van der Waals surface area contributed by atoms with Crippen LogP contribution in [-0.2, 0) is 44.8 Å². The molecule has 0 aliphatic carbocycles. The molecule has 4 rings (SSSR count). The van der Waals surface area contributed by atoms with E-state index in [1.165, 1.54) is 26.5 Å². The van der Waals surface area contributed by atoms with Crippen LogP contribution in [0.15, 0.2) is 35.5 Å². The first-order chi connectivity index (χ1) is 27.2. The number of nitrogens with two attached hydrogens (primary N) is 3. The number of carbonyl (C=O) groups excluding carboxylic acids is 7. The number of para-hydroxylation sites is 1. The maximum Gasteiger partial charge on any atom is 0.305 e. The molecule has 0 radical (unpaired) electrons. The molecule has 0 bridgehead atoms. The number of hydrogen-bond acceptors (Lipinski definition) is 11. The van der Waals surface area contributed by atoms with Crippen molar-refractivity contribution in [2.75, 3.05) is 31.1 Å². The third-order valence-electron chi connectivity index (χ3n) is 9.24. The number of aromatic nitrogens is 1. The number of H-pyrrole nitrogens is 1. The summed E-state index contributed by atoms with van der Waals surface area (Å²) < 4.78 is 0. The Morgan fingerprint density at radius 2 is 1.63 bits per heavy atom. The number of fused-ring (bicyclic) bond motifs is 2. The first-order valence-electron chi connectivity index (χ1n) is 18.4. The molecule has 2 aromatic rings. The summed E-state index contributed by atoms with van der Waals surface area (Å²) in [5, 5.41) is 23.1. The summed E-state index contributed by atoms with van der Waals surface area (Å²) in [7, 11) is 2.45. The lowest BCUT2D eigenvalue weighted by molar-refractivity contribution is -0.143. The Hall–Kier alpha value is -5.51. The molecule has 0 spiro atoms. The van der Waals surface area contributed by atoms with Gasteiger partial charge in [0, 0.05) is 54.5 Å². The Morgan fingerprint density at radius 3 is 2.37 bits per heavy atom. The van der Waals surface area contributed by atoms with Crippen molar-refractivity contribution in [1.82, 2.24) is 36.5 Å². The van der Waals surface area contributed by atoms with Crippen LogP contribution in [0.1, 0.15) is 50.5 Å². The number of nitrogens with zero attached hydrogens (tertiary/aromatic N) is 2. The molecule has 310 valence electrons. The van der Waals surface area contributed by atoms with Crippen LogP contribution in [0.5, 0.6) is 0 Å². The van der Waals surface area contributed by atoms with Crippen LogP contribution in [-0.4, -0.2) is 130 Å². The van der Waals surface area contributed by atoms with Crippen molar-refractivity contribution in [3.8, 4) is 0 Å². The van der Waals surface area contributed by atoms with Gasteiger partial charge >= 0.3 is 5.97 Å². The van der Waals surface area contributed by atoms with Crippen LogP contribution >= 0.6 is 21.6 Å². The number of nitrogens with one attached hydrogen (secondary N) is 6. The highest BCUT2D eigenvalue weighted by molar-refractivity contribution is 8.76. The number of primary amides is 1. The zero-order valence-electron chi connectivity index (χ0n) is 31.1. The van der Waals surface area contributed by atoms with Crippen molar-refractivity contribution >= 4 is 85.8 Å². The number of aliphatic carboxylic acids is 1. The summed E-state index contributed by atoms with van der Waals surface area (Å²) in [6.07, 6.45) is 2.48. The average molecular weight is 832 g/mol. The van der Waals surface area contributed by atoms with Crippen molar-refractivity contribution in [3.05, 3.63) is 36.0 Å². The highest BCUT2D eigenvalue weighted by atomic mass is 33.1. The Kier molecular flexibility index (Phi) is 16.8. The topological polar surface area (TPSA) is 326 Å². The minimum Gasteiger partial charge on any atom is -0.481 e. The van der Waals surface area contributed by atoms with E-state index in [2.05, 4.69) is 36.6 Å². The smallest absolute Gasteiger partial charge is 0.305 e. The lowest BCUT2D eigenvalue weighted by atomic mass is 10.0. The van der Waals surface area contributed by atoms with Gasteiger partial charge in [0.15, 0.2) is 5.96 Å². The molecular weight excluding hydrogens is 783 g/mol. The summed E-state index contributed by atoms with van der Waals surface area (Å²) in [4.78, 5) is 114. The second-order valence-electron chi connectivity index (χ2n) is 13.5. The molecule has 3 heterocycles. The van der Waals surface area contributed by atoms with Crippen molar-refractivity contribution in [2.45, 2.75) is 81.6 Å². The number of amides is 7. The van der Waals surface area contributed by atoms with Gasteiger partial charge in [-0.25, -0.2) is 0 Å². The maximum absolute atomic E-state index is 14.3. The number of unbranched alkanes of at least 4 members (excludes halogenated alkanes) is 1. The van der Waals surface area contributed by atoms with E-state index in [9.17, 15) is 43.5 Å². The number of carbonyl (C=O) groups is 8. The lowest BCUT2D eigenvalue weighted by Crippen LogP contribution is -2.59. The SMILES string of the molecule is NC(=O)[C@H]1CSSCCC(=O)N[C@@H](CCCCN=C(N)N)C(=O)NCC(=O)N[C@H](CC(=O)O)C(=O)N[C@@H](Cc2c[nH]c3ccccc23)C(=O)N2CCC[C@H]2C(=O)N1. The van der Waals surface area contributed by atoms with Gasteiger partial charge in [-0.2, -0.15) is 0 Å². The molecular formula is C35H49N11O9S2. The zero-order valence-corrected chi connectivity index (χ0v) is 32.8. The molecule has 1 aromatic heterocycles. The number of carboxylic acid groups (broad SMARTS) is 1. The summed E-state index contributed by atoms with van der Waals surface area (Å²) in [6, 6.07) is 1.07. The van der Waals surface area contributed by atoms with Crippen molar-refractivity contribution < 1.29 is 43.5 Å². The van der Waals surface area contributed by atoms with Gasteiger partial charge in [0.1, 0.15) is 30.2 Å². The molecule has 0 unspecified atom stereocenters. The number of aliphatic imine (C=N–C) groups is 1. The standard InChI is InChI=1S/C35H49N11O9S2/c36-30(51)25-18-57-56-13-10-27(47)42-22(8-3-4-11-39-35(37)38)31(52)41-17-28(48)43-23(15-29(49)50)32(53)44-24(14-19-16-40-21-7-2-1-6-20(19)21)34(55)46-12-5-9-26(46)33(54)45-25/h1-2,6-7,16,22-26,40H,3-5,8-15,17-18H2,(H2,36,51)(H,41,52)(H,42,47)(H,43,48)(H,44,53)(H,45,54)(H,49,50)(H4,37,38,39)/t22-,23+,24-,25+,26-/m0/s1. The summed E-state index contributed by atoms with van der Waals surface area (Å²) in [5.74, 6) is -6.35. The van der Waals surface area contributed by atoms with E-state index in [-0.39, 0.29) is 56.2 Å². The summed E-state index contributed by atoms with van der Waals surface area (Å²) in [5.41, 5.74) is 17.8. The van der Waals surface area contributed by atoms with Crippen molar-refractivity contribution in [3.63, 3.8) is 0 Å². The molecule has 13 N–H and O–H groups in total. The minimum absolute atomic E-state index is 0.0195. The predicted octanol–water partition coefficient (Wildman–Crippen LogP) is -2.05. The Bertz CT molecular complexity index is 1840. The largest absolute Gasteiger partial charge is 0.481 e. The molecule has 2 fully saturated rings. The van der Waals surface area contributed by atoms with Crippen LogP contribution in [0.2, 0.25) is 0 Å². The van der Waals surface area contributed by atoms with Gasteiger partial charge < -0.3 is 58.8 Å². The van der Waals surface area contributed by atoms with Gasteiger partial charge in [-0.15, -0.1) is 0 Å². The molecule has 20 nitrogen and oxygen atoms in total. The average Bonchev–Trinajstić information content (AvgIpc) is 3.82. The quantitative estimate of drug-likeness (QED) is 0.0534. The van der Waals surface area contributed by atoms with Crippen molar-refractivity contribution in [1.29, 1.82) is 0 Å². The molecule has 5 atom stereocenters. The van der Waals surface area contributed by atoms with Crippen LogP contribution in [0.25, 0.3) is 10.9 Å². The van der Waals surface area contributed by atoms with Gasteiger partial charge in [0.05, 0.1) is 13.0 Å². The van der Waals surface area contributed by atoms with Crippen LogP contribution in [0, 0.1) is 0 Å². The number of benzene rings is 1. The van der Waals surface area contributed by atoms with E-state index in [1.54, 1.807) is 12.3 Å². The van der Waals surface area contributed by atoms with E-state index in [4.69, 9.17) is 17.2 Å². The molecule has 2 aliphatic heterocycles. The second kappa shape index (κ2) is 21.7. The molecule has 22 heteroatoms. The van der Waals surface area contributed by atoms with Crippen LogP contribution in [0.3, 0.4) is 0 Å². The molecule has 1 aromatic carbocycles. The fourth-order valence-corrected chi connectivity index (χ4v) is 8.56. The summed E-state index contributed by atoms with van der Waals surface area (Å²) in [6.45, 7) is -0.233. The number of rotatable bonds is 10. The normalized spacial score (nSPS) is 23.6. The van der Waals surface area contributed by atoms with Gasteiger partial charge in [-0.1, -0.05) is 39.8 Å². The lowest BCUT2D eigenvalue weighted by Gasteiger charge is -2.30. The number of carboxylic acids is 1. The monoisotopic (exact) mass is 831 g/mol. The highest BCUT2D eigenvalue weighted by Gasteiger charge is 2.40. The first kappa shape index (κ1) is 44.2. The number of guanidine groups is 1. The fourth-order valence-electron chi connectivity index (χ4n) is 6.39. The Morgan fingerprint density at radius 1 is 0.877 bits per heavy atom. The van der Waals surface area contributed by atoms with E-state index in [1.807, 2.05) is 18.2 Å². The van der Waals surface area contributed by atoms with E-state index in [0.717, 1.165) is 10.9 Å². The molecule has 2 saturated heterocycles. The van der Waals surface area contributed by atoms with Crippen LogP contribution in [0.4, 0.5) is 0 Å². The third-order valence-corrected chi connectivity index (χ3v) is 11.7. The van der Waals surface area contributed by atoms with Gasteiger partial charge in [0.25, 0.3) is 0 Å². The second-order valence-corrected chi connectivity index (χ2v) is 16.1. The Balaban J connectivity index is 1.61. The molecule has 7 amide bonds. The van der Waals surface area contributed by atoms with Crippen LogP contribution < -0.4 is 43.8 Å². The predicted molar refractivity (Wildman–Crippen MR) is 213 cm³/mol. The Labute approximate surface area is 335 Å². The molecule has 0 saturated carbocycles.